The van der Waals surface area contributed by atoms with Crippen LogP contribution in [0.25, 0.3) is 0 Å². The molecule has 0 aromatic heterocycles. The standard InChI is InChI=1S/CH2O.H2O4S.H2O.Zn/c1-2;1-5(2,3)4;;/h1H2;(H2,1,2,3,4);1H2;/q;;;+2/p-2. The van der Waals surface area contributed by atoms with Crippen molar-refractivity contribution in [2.75, 3.05) is 0 Å². The molecule has 2 N–H and O–H groups in total. The zero-order valence-corrected chi connectivity index (χ0v) is 8.15. The van der Waals surface area contributed by atoms with Gasteiger partial charge in [-0.1, -0.05) is 0 Å². The van der Waals surface area contributed by atoms with E-state index in [-0.39, 0.29) is 25.0 Å². The van der Waals surface area contributed by atoms with Gasteiger partial charge in [0, 0.05) is 10.4 Å². The molecule has 0 saturated heterocycles. The Labute approximate surface area is 64.9 Å². The fourth-order valence-corrected chi connectivity index (χ4v) is 0. The molecule has 0 rings (SSSR count). The van der Waals surface area contributed by atoms with Crippen LogP contribution in [-0.2, 0) is 34.7 Å². The molecule has 0 aliphatic heterocycles. The minimum atomic E-state index is -5.17. The predicted molar refractivity (Wildman–Crippen MR) is 21.2 cm³/mol. The van der Waals surface area contributed by atoms with Crippen LogP contribution in [0.5, 0.6) is 0 Å². The first-order valence-electron chi connectivity index (χ1n) is 0.955. The summed E-state index contributed by atoms with van der Waals surface area (Å²) in [6, 6.07) is 0. The van der Waals surface area contributed by atoms with Gasteiger partial charge in [-0.2, -0.15) is 0 Å². The largest absolute Gasteiger partial charge is 2.00 e. The van der Waals surface area contributed by atoms with Crippen LogP contribution < -0.4 is 0 Å². The van der Waals surface area contributed by atoms with Gasteiger partial charge in [0.25, 0.3) is 0 Å². The van der Waals surface area contributed by atoms with Gasteiger partial charge in [0.1, 0.15) is 6.79 Å². The first-order valence-corrected chi connectivity index (χ1v) is 2.29. The maximum absolute atomic E-state index is 8.52. The van der Waals surface area contributed by atoms with E-state index >= 15 is 0 Å². The van der Waals surface area contributed by atoms with Gasteiger partial charge in [-0.3, -0.25) is 8.42 Å². The summed E-state index contributed by atoms with van der Waals surface area (Å²) in [6.07, 6.45) is 0. The normalized spacial score (nSPS) is 6.89. The van der Waals surface area contributed by atoms with E-state index in [1.807, 2.05) is 6.79 Å². The summed E-state index contributed by atoms with van der Waals surface area (Å²) in [4.78, 5) is 8.00. The smallest absolute Gasteiger partial charge is 0.759 e. The maximum Gasteiger partial charge on any atom is 2.00 e. The fourth-order valence-electron chi connectivity index (χ4n) is 0. The quantitative estimate of drug-likeness (QED) is 0.250. The Morgan fingerprint density at radius 3 is 1.11 bits per heavy atom. The zero-order valence-electron chi connectivity index (χ0n) is 4.36. The van der Waals surface area contributed by atoms with Gasteiger partial charge in [0.15, 0.2) is 0 Å². The van der Waals surface area contributed by atoms with E-state index in [0.717, 1.165) is 0 Å². The molecule has 0 saturated carbocycles. The second-order valence-corrected chi connectivity index (χ2v) is 1.22. The van der Waals surface area contributed by atoms with Gasteiger partial charge in [-0.05, 0) is 0 Å². The summed E-state index contributed by atoms with van der Waals surface area (Å²) in [7, 11) is -5.17. The fraction of sp³-hybridized carbons (Fsp3) is 0. The van der Waals surface area contributed by atoms with Crippen LogP contribution in [0.3, 0.4) is 0 Å². The van der Waals surface area contributed by atoms with Crippen molar-refractivity contribution in [2.45, 2.75) is 0 Å². The summed E-state index contributed by atoms with van der Waals surface area (Å²) in [5, 5.41) is 0. The SMILES string of the molecule is C=O.O.O=S(=O)([O-])[O-].[Zn+2]. The van der Waals surface area contributed by atoms with Gasteiger partial charge in [0.2, 0.25) is 0 Å². The molecular formula is CH4O6SZn. The number of rotatable bonds is 0. The summed E-state index contributed by atoms with van der Waals surface area (Å²) in [5.41, 5.74) is 0. The molecule has 6 nitrogen and oxygen atoms in total. The van der Waals surface area contributed by atoms with Crippen molar-refractivity contribution >= 4 is 17.2 Å². The Morgan fingerprint density at radius 2 is 1.11 bits per heavy atom. The molecule has 0 bridgehead atoms. The number of carbonyl (C=O) groups excluding carboxylic acids is 1. The summed E-state index contributed by atoms with van der Waals surface area (Å²) in [5.74, 6) is 0. The van der Waals surface area contributed by atoms with Crippen LogP contribution in [0, 0.1) is 0 Å². The average molecular weight is 209 g/mol. The predicted octanol–water partition coefficient (Wildman–Crippen LogP) is -2.35. The van der Waals surface area contributed by atoms with Crippen molar-refractivity contribution in [1.29, 1.82) is 0 Å². The Bertz CT molecular complexity index is 107. The molecule has 8 heteroatoms. The van der Waals surface area contributed by atoms with Gasteiger partial charge >= 0.3 is 19.5 Å². The third-order valence-corrected chi connectivity index (χ3v) is 0. The summed E-state index contributed by atoms with van der Waals surface area (Å²) >= 11 is 0. The molecule has 0 aliphatic carbocycles. The average Bonchev–Trinajstić information content (AvgIpc) is 1.36. The molecule has 52 valence electrons. The Balaban J connectivity index is -0.0000000286. The Hall–Kier alpha value is 0.123. The number of hydrogen-bond acceptors (Lipinski definition) is 5. The van der Waals surface area contributed by atoms with Crippen LogP contribution in [0.15, 0.2) is 0 Å². The molecule has 9 heavy (non-hydrogen) atoms. The number of carbonyl (C=O) groups is 1. The molecular weight excluding hydrogens is 205 g/mol. The van der Waals surface area contributed by atoms with Crippen molar-refractivity contribution in [2.24, 2.45) is 0 Å². The van der Waals surface area contributed by atoms with Crippen molar-refractivity contribution < 1.29 is 47.3 Å². The summed E-state index contributed by atoms with van der Waals surface area (Å²) < 4.78 is 34.1. The molecule has 0 radical (unpaired) electrons. The first-order chi connectivity index (χ1) is 3.00. The van der Waals surface area contributed by atoms with Gasteiger partial charge in [-0.25, -0.2) is 0 Å². The molecule has 0 aliphatic rings. The van der Waals surface area contributed by atoms with Crippen molar-refractivity contribution in [3.63, 3.8) is 0 Å². The molecule has 0 heterocycles. The molecule has 0 fully saturated rings. The van der Waals surface area contributed by atoms with Crippen molar-refractivity contribution in [3.8, 4) is 0 Å². The second kappa shape index (κ2) is 11.0. The van der Waals surface area contributed by atoms with Crippen LogP contribution in [0.2, 0.25) is 0 Å². The minimum Gasteiger partial charge on any atom is -0.759 e. The van der Waals surface area contributed by atoms with Gasteiger partial charge < -0.3 is 19.4 Å². The molecule has 0 atom stereocenters. The third kappa shape index (κ3) is 20000. The van der Waals surface area contributed by atoms with Crippen molar-refractivity contribution in [3.05, 3.63) is 0 Å². The van der Waals surface area contributed by atoms with Crippen LogP contribution in [-0.4, -0.2) is 29.8 Å². The van der Waals surface area contributed by atoms with Crippen molar-refractivity contribution in [1.82, 2.24) is 0 Å². The Kier molecular flexibility index (Phi) is 28.0. The van der Waals surface area contributed by atoms with Crippen LogP contribution >= 0.6 is 0 Å². The maximum atomic E-state index is 8.52. The summed E-state index contributed by atoms with van der Waals surface area (Å²) in [6.45, 7) is 2.00. The molecule has 0 aromatic carbocycles. The van der Waals surface area contributed by atoms with Crippen LogP contribution in [0.1, 0.15) is 0 Å². The van der Waals surface area contributed by atoms with E-state index in [1.54, 1.807) is 0 Å². The monoisotopic (exact) mass is 208 g/mol. The topological polar surface area (TPSA) is 129 Å². The molecule has 0 amide bonds. The minimum absolute atomic E-state index is 0. The Morgan fingerprint density at radius 1 is 1.11 bits per heavy atom. The van der Waals surface area contributed by atoms with Gasteiger partial charge in [-0.15, -0.1) is 0 Å². The molecule has 0 unspecified atom stereocenters. The van der Waals surface area contributed by atoms with E-state index in [2.05, 4.69) is 0 Å². The van der Waals surface area contributed by atoms with E-state index < -0.39 is 10.4 Å². The van der Waals surface area contributed by atoms with Crippen LogP contribution in [0.4, 0.5) is 0 Å². The first kappa shape index (κ1) is 22.9. The number of hydrogen-bond donors (Lipinski definition) is 0. The van der Waals surface area contributed by atoms with Gasteiger partial charge in [0.05, 0.1) is 0 Å². The molecule has 0 aromatic rings. The van der Waals surface area contributed by atoms with E-state index in [4.69, 9.17) is 22.3 Å². The third-order valence-electron chi connectivity index (χ3n) is 0. The second-order valence-electron chi connectivity index (χ2n) is 0.408. The van der Waals surface area contributed by atoms with E-state index in [0.29, 0.717) is 0 Å². The van der Waals surface area contributed by atoms with E-state index in [9.17, 15) is 0 Å². The zero-order chi connectivity index (χ0) is 6.50. The molecule has 0 spiro atoms. The van der Waals surface area contributed by atoms with E-state index in [1.165, 1.54) is 0 Å².